The van der Waals surface area contributed by atoms with Crippen LogP contribution in [0.4, 0.5) is 0 Å². The second kappa shape index (κ2) is 6.72. The Kier molecular flexibility index (Phi) is 4.18. The number of amides is 1. The number of nitrogens with zero attached hydrogens (tertiary/aromatic N) is 4. The molecule has 3 aliphatic rings. The molecule has 2 fully saturated rings. The van der Waals surface area contributed by atoms with E-state index in [4.69, 9.17) is 0 Å². The van der Waals surface area contributed by atoms with Gasteiger partial charge in [-0.05, 0) is 24.3 Å². The van der Waals surface area contributed by atoms with Crippen molar-refractivity contribution < 1.29 is 4.79 Å². The van der Waals surface area contributed by atoms with Gasteiger partial charge in [-0.3, -0.25) is 19.0 Å². The minimum absolute atomic E-state index is 0.0423. The van der Waals surface area contributed by atoms with E-state index < -0.39 is 11.1 Å². The first-order valence-electron chi connectivity index (χ1n) is 10.1. The number of hydrogen-bond donors (Lipinski definition) is 0. The molecule has 0 radical (unpaired) electrons. The largest absolute Gasteiger partial charge is 0.341 e. The lowest BCUT2D eigenvalue weighted by Gasteiger charge is -2.25. The summed E-state index contributed by atoms with van der Waals surface area (Å²) in [6, 6.07) is 9.75. The number of carbonyl (C=O) groups is 1. The molecule has 2 aliphatic heterocycles. The van der Waals surface area contributed by atoms with Gasteiger partial charge in [0.1, 0.15) is 5.82 Å². The Morgan fingerprint density at radius 1 is 1.04 bits per heavy atom. The van der Waals surface area contributed by atoms with E-state index in [0.29, 0.717) is 44.3 Å². The minimum Gasteiger partial charge on any atom is -0.341 e. The second-order valence-electron chi connectivity index (χ2n) is 8.39. The van der Waals surface area contributed by atoms with E-state index in [0.717, 1.165) is 18.4 Å². The highest BCUT2D eigenvalue weighted by molar-refractivity contribution is 5.79. The molecule has 28 heavy (non-hydrogen) atoms. The highest BCUT2D eigenvalue weighted by Gasteiger charge is 2.44. The van der Waals surface area contributed by atoms with Crippen molar-refractivity contribution in [2.75, 3.05) is 13.1 Å². The van der Waals surface area contributed by atoms with Gasteiger partial charge in [-0.25, -0.2) is 4.68 Å². The lowest BCUT2D eigenvalue weighted by molar-refractivity contribution is -0.129. The third-order valence-electron chi connectivity index (χ3n) is 6.56. The van der Waals surface area contributed by atoms with Crippen LogP contribution in [0.2, 0.25) is 0 Å². The maximum Gasteiger partial charge on any atom is 0.332 e. The van der Waals surface area contributed by atoms with Crippen LogP contribution in [-0.4, -0.2) is 38.2 Å². The van der Waals surface area contributed by atoms with Gasteiger partial charge >= 0.3 is 11.1 Å². The van der Waals surface area contributed by atoms with Crippen molar-refractivity contribution in [3.63, 3.8) is 0 Å². The van der Waals surface area contributed by atoms with E-state index in [2.05, 4.69) is 5.10 Å². The van der Waals surface area contributed by atoms with Gasteiger partial charge in [-0.15, -0.1) is 0 Å². The van der Waals surface area contributed by atoms with E-state index in [1.165, 1.54) is 11.1 Å². The third kappa shape index (κ3) is 2.89. The van der Waals surface area contributed by atoms with Crippen LogP contribution in [0.3, 0.4) is 0 Å². The van der Waals surface area contributed by atoms with Crippen LogP contribution < -0.4 is 11.1 Å². The number of carbonyl (C=O) groups excluding carboxylic acids is 1. The predicted molar refractivity (Wildman–Crippen MR) is 103 cm³/mol. The van der Waals surface area contributed by atoms with E-state index >= 15 is 0 Å². The van der Waals surface area contributed by atoms with E-state index in [1.807, 2.05) is 35.2 Å². The summed E-state index contributed by atoms with van der Waals surface area (Å²) in [5, 5.41) is 4.59. The Balaban J connectivity index is 1.36. The van der Waals surface area contributed by atoms with Gasteiger partial charge in [0.05, 0.1) is 6.42 Å². The number of likely N-dealkylation sites (tertiary alicyclic amines) is 1. The quantitative estimate of drug-likeness (QED) is 0.742. The molecule has 1 saturated carbocycles. The zero-order valence-electron chi connectivity index (χ0n) is 15.8. The highest BCUT2D eigenvalue weighted by atomic mass is 16.2. The van der Waals surface area contributed by atoms with Gasteiger partial charge in [0.2, 0.25) is 5.91 Å². The molecule has 1 aliphatic carbocycles. The molecule has 1 amide bonds. The minimum atomic E-state index is -0.507. The Labute approximate surface area is 162 Å². The first kappa shape index (κ1) is 17.4. The van der Waals surface area contributed by atoms with Crippen LogP contribution >= 0.6 is 0 Å². The summed E-state index contributed by atoms with van der Waals surface area (Å²) in [7, 11) is 0. The van der Waals surface area contributed by atoms with Crippen molar-refractivity contribution >= 4 is 5.91 Å². The average Bonchev–Trinajstić information content (AvgIpc) is 3.21. The Hall–Kier alpha value is -2.70. The van der Waals surface area contributed by atoms with Crippen LogP contribution in [-0.2, 0) is 24.3 Å². The summed E-state index contributed by atoms with van der Waals surface area (Å²) in [5.74, 6) is 1.46. The summed E-state index contributed by atoms with van der Waals surface area (Å²) in [4.78, 5) is 39.6. The van der Waals surface area contributed by atoms with E-state index in [-0.39, 0.29) is 17.7 Å². The third-order valence-corrected chi connectivity index (χ3v) is 6.56. The van der Waals surface area contributed by atoms with Crippen LogP contribution in [0.1, 0.15) is 36.6 Å². The summed E-state index contributed by atoms with van der Waals surface area (Å²) < 4.78 is 2.93. The number of benzene rings is 1. The van der Waals surface area contributed by atoms with Crippen LogP contribution in [0.25, 0.3) is 0 Å². The zero-order valence-corrected chi connectivity index (χ0v) is 15.8. The number of rotatable bonds is 4. The topological polar surface area (TPSA) is 77.2 Å². The number of fused-ring (bicyclic) bond motifs is 3. The molecule has 3 heterocycles. The lowest BCUT2D eigenvalue weighted by atomic mass is 9.85. The molecule has 2 aromatic rings. The molecular weight excluding hydrogens is 356 g/mol. The zero-order chi connectivity index (χ0) is 19.3. The SMILES string of the molecule is O=C(Cc1ccccc1)N1C[C@H]2Cn3c(nn(CC4CCC4)c(=O)c3=O)[C@H]2C1. The normalized spacial score (nSPS) is 23.4. The lowest BCUT2D eigenvalue weighted by Crippen LogP contribution is -2.45. The Bertz CT molecular complexity index is 1020. The Morgan fingerprint density at radius 3 is 2.54 bits per heavy atom. The van der Waals surface area contributed by atoms with Gasteiger partial charge in [0, 0.05) is 38.0 Å². The van der Waals surface area contributed by atoms with Crippen molar-refractivity contribution in [3.8, 4) is 0 Å². The van der Waals surface area contributed by atoms with Gasteiger partial charge in [0.25, 0.3) is 0 Å². The summed E-state index contributed by atoms with van der Waals surface area (Å²) in [5.41, 5.74) is 0.0437. The molecular formula is C21H24N4O3. The molecule has 1 aromatic heterocycles. The fraction of sp³-hybridized carbons (Fsp3) is 0.524. The molecule has 7 heteroatoms. The second-order valence-corrected chi connectivity index (χ2v) is 8.39. The summed E-state index contributed by atoms with van der Waals surface area (Å²) in [6.45, 7) is 2.22. The van der Waals surface area contributed by atoms with E-state index in [9.17, 15) is 14.4 Å². The smallest absolute Gasteiger partial charge is 0.332 e. The summed E-state index contributed by atoms with van der Waals surface area (Å²) >= 11 is 0. The van der Waals surface area contributed by atoms with Crippen molar-refractivity contribution in [1.29, 1.82) is 0 Å². The molecule has 0 N–H and O–H groups in total. The highest BCUT2D eigenvalue weighted by Crippen LogP contribution is 2.37. The maximum atomic E-state index is 12.7. The van der Waals surface area contributed by atoms with Crippen molar-refractivity contribution in [1.82, 2.24) is 19.2 Å². The first-order valence-corrected chi connectivity index (χ1v) is 10.1. The van der Waals surface area contributed by atoms with Crippen molar-refractivity contribution in [3.05, 3.63) is 62.4 Å². The van der Waals surface area contributed by atoms with Crippen molar-refractivity contribution in [2.24, 2.45) is 11.8 Å². The fourth-order valence-corrected chi connectivity index (χ4v) is 4.72. The van der Waals surface area contributed by atoms with Crippen molar-refractivity contribution in [2.45, 2.75) is 44.7 Å². The van der Waals surface area contributed by atoms with Gasteiger partial charge in [-0.2, -0.15) is 5.10 Å². The number of hydrogen-bond acceptors (Lipinski definition) is 4. The predicted octanol–water partition coefficient (Wildman–Crippen LogP) is 1.00. The molecule has 0 unspecified atom stereocenters. The van der Waals surface area contributed by atoms with Crippen LogP contribution in [0, 0.1) is 11.8 Å². The molecule has 146 valence electrons. The van der Waals surface area contributed by atoms with Gasteiger partial charge in [0.15, 0.2) is 0 Å². The monoisotopic (exact) mass is 380 g/mol. The molecule has 1 saturated heterocycles. The van der Waals surface area contributed by atoms with Gasteiger partial charge < -0.3 is 4.90 Å². The molecule has 7 nitrogen and oxygen atoms in total. The van der Waals surface area contributed by atoms with Gasteiger partial charge in [-0.1, -0.05) is 36.8 Å². The van der Waals surface area contributed by atoms with E-state index in [1.54, 1.807) is 4.57 Å². The molecule has 0 bridgehead atoms. The molecule has 1 aromatic carbocycles. The van der Waals surface area contributed by atoms with Crippen LogP contribution in [0.15, 0.2) is 39.9 Å². The Morgan fingerprint density at radius 2 is 1.82 bits per heavy atom. The standard InChI is InChI=1S/C21H24N4O3/c26-18(9-14-5-2-1-3-6-14)23-11-16-12-24-19(17(16)13-23)22-25(21(28)20(24)27)10-15-7-4-8-15/h1-3,5-6,15-17H,4,7-13H2/t16-,17-/m0/s1. The van der Waals surface area contributed by atoms with Crippen LogP contribution in [0.5, 0.6) is 0 Å². The molecule has 5 rings (SSSR count). The fourth-order valence-electron chi connectivity index (χ4n) is 4.72. The number of aromatic nitrogens is 3. The first-order chi connectivity index (χ1) is 13.6. The average molecular weight is 380 g/mol. The molecule has 0 spiro atoms. The summed E-state index contributed by atoms with van der Waals surface area (Å²) in [6.07, 6.45) is 3.77. The molecule has 2 atom stereocenters. The maximum absolute atomic E-state index is 12.7.